The third kappa shape index (κ3) is 7.73. The van der Waals surface area contributed by atoms with Gasteiger partial charge in [0.1, 0.15) is 0 Å². The smallest absolute Gasteiger partial charge is 0.0864 e. The summed E-state index contributed by atoms with van der Waals surface area (Å²) in [5, 5.41) is 31.4. The van der Waals surface area contributed by atoms with Crippen molar-refractivity contribution in [2.45, 2.75) is 101 Å². The Labute approximate surface area is 212 Å². The fourth-order valence-electron chi connectivity index (χ4n) is 7.61. The van der Waals surface area contributed by atoms with Gasteiger partial charge < -0.3 is 36.3 Å². The van der Waals surface area contributed by atoms with Crippen LogP contribution in [0.1, 0.15) is 70.6 Å². The average Bonchev–Trinajstić information content (AvgIpc) is 2.83. The van der Waals surface area contributed by atoms with E-state index in [1.807, 2.05) is 0 Å². The number of aliphatic hydroxyl groups excluding tert-OH is 3. The molecule has 3 fully saturated rings. The first-order valence-corrected chi connectivity index (χ1v) is 14.1. The fourth-order valence-corrected chi connectivity index (χ4v) is 7.61. The summed E-state index contributed by atoms with van der Waals surface area (Å²) in [6.07, 6.45) is 13.7. The molecule has 0 bridgehead atoms. The molecule has 204 valence electrons. The molecule has 0 aliphatic heterocycles. The molecule has 0 spiro atoms. The van der Waals surface area contributed by atoms with Crippen molar-refractivity contribution in [1.29, 1.82) is 0 Å². The monoisotopic (exact) mass is 496 g/mol. The normalized spacial score (nSPS) is 43.0. The first kappa shape index (κ1) is 29.0. The van der Waals surface area contributed by atoms with E-state index >= 15 is 0 Å². The summed E-state index contributed by atoms with van der Waals surface area (Å²) in [4.78, 5) is 0. The molecule has 11 unspecified atom stereocenters. The largest absolute Gasteiger partial charge is 0.393 e. The van der Waals surface area contributed by atoms with Gasteiger partial charge in [0.25, 0.3) is 0 Å². The standard InChI is InChI=1S/C28H52N2O5/c1-34-27-23(11-13-29)20(7-9-25(27)32)5-3-18-15-19(17-22(31)16-18)4-6-21-8-10-26(33)28(35-2)24(21)12-14-30/h3,5,18-28,31-33H,4,6-17,29-30H2,1-2H3/b5-3+. The highest BCUT2D eigenvalue weighted by Gasteiger charge is 2.39. The highest BCUT2D eigenvalue weighted by molar-refractivity contribution is 5.02. The Morgan fingerprint density at radius 2 is 1.34 bits per heavy atom. The van der Waals surface area contributed by atoms with Crippen molar-refractivity contribution in [3.8, 4) is 0 Å². The van der Waals surface area contributed by atoms with E-state index in [4.69, 9.17) is 20.9 Å². The van der Waals surface area contributed by atoms with Gasteiger partial charge in [0.15, 0.2) is 0 Å². The van der Waals surface area contributed by atoms with E-state index in [0.717, 1.165) is 70.6 Å². The summed E-state index contributed by atoms with van der Waals surface area (Å²) in [6, 6.07) is 0. The number of methoxy groups -OCH3 is 2. The number of hydrogen-bond acceptors (Lipinski definition) is 7. The first-order valence-electron chi connectivity index (χ1n) is 14.1. The maximum absolute atomic E-state index is 10.7. The topological polar surface area (TPSA) is 131 Å². The molecule has 35 heavy (non-hydrogen) atoms. The molecule has 0 aromatic heterocycles. The Balaban J connectivity index is 1.57. The van der Waals surface area contributed by atoms with Gasteiger partial charge in [0.05, 0.1) is 30.5 Å². The Kier molecular flexibility index (Phi) is 12.0. The van der Waals surface area contributed by atoms with Crippen LogP contribution in [0, 0.1) is 35.5 Å². The molecule has 3 aliphatic carbocycles. The van der Waals surface area contributed by atoms with E-state index in [1.54, 1.807) is 14.2 Å². The number of aliphatic hydroxyl groups is 3. The van der Waals surface area contributed by atoms with Crippen molar-refractivity contribution in [2.75, 3.05) is 27.3 Å². The van der Waals surface area contributed by atoms with Crippen LogP contribution in [0.5, 0.6) is 0 Å². The van der Waals surface area contributed by atoms with Crippen LogP contribution < -0.4 is 11.5 Å². The van der Waals surface area contributed by atoms with Crippen LogP contribution in [0.25, 0.3) is 0 Å². The Morgan fingerprint density at radius 3 is 2.00 bits per heavy atom. The lowest BCUT2D eigenvalue weighted by molar-refractivity contribution is -0.0928. The van der Waals surface area contributed by atoms with Gasteiger partial charge >= 0.3 is 0 Å². The lowest BCUT2D eigenvalue weighted by Gasteiger charge is -2.41. The van der Waals surface area contributed by atoms with Crippen molar-refractivity contribution in [3.05, 3.63) is 12.2 Å². The third-order valence-electron chi connectivity index (χ3n) is 9.32. The summed E-state index contributed by atoms with van der Waals surface area (Å²) in [5.74, 6) is 2.34. The number of allylic oxidation sites excluding steroid dienone is 2. The van der Waals surface area contributed by atoms with E-state index in [9.17, 15) is 15.3 Å². The molecule has 7 N–H and O–H groups in total. The maximum atomic E-state index is 10.7. The molecule has 11 atom stereocenters. The molecule has 0 saturated heterocycles. The van der Waals surface area contributed by atoms with E-state index in [2.05, 4.69) is 12.2 Å². The minimum absolute atomic E-state index is 0.115. The molecule has 3 saturated carbocycles. The Morgan fingerprint density at radius 1 is 0.714 bits per heavy atom. The molecular formula is C28H52N2O5. The van der Waals surface area contributed by atoms with E-state index < -0.39 is 6.10 Å². The molecule has 7 heteroatoms. The van der Waals surface area contributed by atoms with Crippen LogP contribution >= 0.6 is 0 Å². The molecule has 0 radical (unpaired) electrons. The minimum Gasteiger partial charge on any atom is -0.393 e. The summed E-state index contributed by atoms with van der Waals surface area (Å²) in [5.41, 5.74) is 11.8. The molecule has 0 aromatic rings. The van der Waals surface area contributed by atoms with Gasteiger partial charge in [-0.3, -0.25) is 0 Å². The van der Waals surface area contributed by atoms with Gasteiger partial charge in [0, 0.05) is 14.2 Å². The molecule has 0 amide bonds. The van der Waals surface area contributed by atoms with Crippen molar-refractivity contribution < 1.29 is 24.8 Å². The predicted octanol–water partition coefficient (Wildman–Crippen LogP) is 2.60. The summed E-state index contributed by atoms with van der Waals surface area (Å²) < 4.78 is 11.3. The number of rotatable bonds is 11. The minimum atomic E-state index is -0.413. The SMILES string of the molecule is COC1C(O)CCC(/C=C/C2CC(O)CC(CCC3CCC(O)C(OC)C3CCN)C2)C1CCN. The number of nitrogens with two attached hydrogens (primary N) is 2. The molecule has 0 heterocycles. The van der Waals surface area contributed by atoms with Gasteiger partial charge in [-0.1, -0.05) is 18.6 Å². The zero-order chi connectivity index (χ0) is 25.4. The maximum Gasteiger partial charge on any atom is 0.0864 e. The van der Waals surface area contributed by atoms with Crippen LogP contribution in [-0.4, -0.2) is 73.1 Å². The van der Waals surface area contributed by atoms with Gasteiger partial charge in [-0.15, -0.1) is 0 Å². The highest BCUT2D eigenvalue weighted by atomic mass is 16.5. The second-order valence-electron chi connectivity index (χ2n) is 11.5. The van der Waals surface area contributed by atoms with Crippen LogP contribution in [0.3, 0.4) is 0 Å². The summed E-state index contributed by atoms with van der Waals surface area (Å²) in [6.45, 7) is 1.22. The quantitative estimate of drug-likeness (QED) is 0.278. The molecular weight excluding hydrogens is 444 g/mol. The van der Waals surface area contributed by atoms with Crippen LogP contribution in [0.4, 0.5) is 0 Å². The van der Waals surface area contributed by atoms with Crippen molar-refractivity contribution in [1.82, 2.24) is 0 Å². The van der Waals surface area contributed by atoms with Crippen LogP contribution in [0.15, 0.2) is 12.2 Å². The van der Waals surface area contributed by atoms with E-state index in [1.165, 1.54) is 0 Å². The van der Waals surface area contributed by atoms with Crippen LogP contribution in [0.2, 0.25) is 0 Å². The van der Waals surface area contributed by atoms with Gasteiger partial charge in [-0.25, -0.2) is 0 Å². The predicted molar refractivity (Wildman–Crippen MR) is 139 cm³/mol. The van der Waals surface area contributed by atoms with Crippen molar-refractivity contribution in [2.24, 2.45) is 47.0 Å². The second-order valence-corrected chi connectivity index (χ2v) is 11.5. The Bertz CT molecular complexity index is 634. The highest BCUT2D eigenvalue weighted by Crippen LogP contribution is 2.41. The van der Waals surface area contributed by atoms with Gasteiger partial charge in [0.2, 0.25) is 0 Å². The van der Waals surface area contributed by atoms with Crippen molar-refractivity contribution in [3.63, 3.8) is 0 Å². The fraction of sp³-hybridized carbons (Fsp3) is 0.929. The van der Waals surface area contributed by atoms with E-state index in [-0.39, 0.29) is 30.3 Å². The number of ether oxygens (including phenoxy) is 2. The second kappa shape index (κ2) is 14.4. The molecule has 0 aromatic carbocycles. The lowest BCUT2D eigenvalue weighted by Crippen LogP contribution is -2.44. The first-order chi connectivity index (χ1) is 16.9. The van der Waals surface area contributed by atoms with E-state index in [0.29, 0.717) is 42.7 Å². The van der Waals surface area contributed by atoms with Gasteiger partial charge in [-0.2, -0.15) is 0 Å². The van der Waals surface area contributed by atoms with Crippen LogP contribution in [-0.2, 0) is 9.47 Å². The molecule has 7 nitrogen and oxygen atoms in total. The van der Waals surface area contributed by atoms with Crippen molar-refractivity contribution >= 4 is 0 Å². The average molecular weight is 497 g/mol. The van der Waals surface area contributed by atoms with Gasteiger partial charge in [-0.05, 0) is 113 Å². The molecule has 3 aliphatic rings. The Hall–Kier alpha value is -0.540. The molecule has 3 rings (SSSR count). The summed E-state index contributed by atoms with van der Waals surface area (Å²) in [7, 11) is 3.39. The summed E-state index contributed by atoms with van der Waals surface area (Å²) >= 11 is 0. The lowest BCUT2D eigenvalue weighted by atomic mass is 9.69. The third-order valence-corrected chi connectivity index (χ3v) is 9.32. The number of hydrogen-bond donors (Lipinski definition) is 5. The zero-order valence-corrected chi connectivity index (χ0v) is 22.0. The zero-order valence-electron chi connectivity index (χ0n) is 22.0.